The standard InChI is InChI=1S/C30H28FN5O4S/c1-32-21-7-6-20(23(31)14-21)18-40-28-5-3-4-24(33-28)19-8-11-35(12-9-19)17-27-34-29-25(15-26(41-29)30(37)38-2)36(27)16-22-10-13-39-22/h3-8,14-15,22H,9-13,16-18H2,2H3/t22-/m0/s1. The molecule has 0 bridgehead atoms. The van der Waals surface area contributed by atoms with Crippen molar-refractivity contribution >= 4 is 38.9 Å². The summed E-state index contributed by atoms with van der Waals surface area (Å²) in [5.74, 6) is 0.570. The fourth-order valence-corrected chi connectivity index (χ4v) is 5.93. The largest absolute Gasteiger partial charge is 0.473 e. The van der Waals surface area contributed by atoms with E-state index >= 15 is 0 Å². The number of imidazole rings is 1. The van der Waals surface area contributed by atoms with Gasteiger partial charge in [0.25, 0.3) is 0 Å². The number of methoxy groups -OCH3 is 1. The average Bonchev–Trinajstić information content (AvgIpc) is 3.52. The highest BCUT2D eigenvalue weighted by molar-refractivity contribution is 7.20. The molecule has 5 heterocycles. The zero-order valence-corrected chi connectivity index (χ0v) is 23.3. The quantitative estimate of drug-likeness (QED) is 0.190. The summed E-state index contributed by atoms with van der Waals surface area (Å²) in [4.78, 5) is 28.6. The van der Waals surface area contributed by atoms with Gasteiger partial charge in [0, 0.05) is 31.3 Å². The number of halogens is 1. The van der Waals surface area contributed by atoms with Crippen LogP contribution in [0.5, 0.6) is 5.88 Å². The summed E-state index contributed by atoms with van der Waals surface area (Å²) in [5.41, 5.74) is 3.55. The van der Waals surface area contributed by atoms with Gasteiger partial charge in [-0.2, -0.15) is 0 Å². The molecule has 0 N–H and O–H groups in total. The van der Waals surface area contributed by atoms with Crippen LogP contribution in [0.2, 0.25) is 0 Å². The van der Waals surface area contributed by atoms with E-state index in [9.17, 15) is 9.18 Å². The van der Waals surface area contributed by atoms with Crippen molar-refractivity contribution in [2.75, 3.05) is 26.8 Å². The van der Waals surface area contributed by atoms with Crippen molar-refractivity contribution in [1.82, 2.24) is 19.4 Å². The molecule has 4 aromatic rings. The molecule has 1 aromatic carbocycles. The highest BCUT2D eigenvalue weighted by Crippen LogP contribution is 2.30. The summed E-state index contributed by atoms with van der Waals surface area (Å²) in [6.07, 6.45) is 4.17. The summed E-state index contributed by atoms with van der Waals surface area (Å²) in [7, 11) is 1.39. The van der Waals surface area contributed by atoms with E-state index in [0.717, 1.165) is 60.0 Å². The lowest BCUT2D eigenvalue weighted by atomic mass is 10.0. The number of benzene rings is 1. The van der Waals surface area contributed by atoms with Gasteiger partial charge in [-0.1, -0.05) is 24.3 Å². The zero-order valence-electron chi connectivity index (χ0n) is 22.5. The first-order valence-corrected chi connectivity index (χ1v) is 14.2. The SMILES string of the molecule is [C-]#[N+]c1ccc(COc2cccc(C3=CCN(Cc4nc5sc(C(=O)OC)cc5n4C[C@@H]4CCO4)CC3)n2)c(F)c1. The van der Waals surface area contributed by atoms with Crippen LogP contribution < -0.4 is 4.74 Å². The van der Waals surface area contributed by atoms with Crippen molar-refractivity contribution in [3.8, 4) is 5.88 Å². The number of aromatic nitrogens is 3. The molecule has 0 aliphatic carbocycles. The smallest absolute Gasteiger partial charge is 0.348 e. The molecule has 0 amide bonds. The molecule has 210 valence electrons. The number of ether oxygens (including phenoxy) is 3. The number of fused-ring (bicyclic) bond motifs is 1. The minimum atomic E-state index is -0.464. The number of rotatable bonds is 9. The number of esters is 1. The third-order valence-electron chi connectivity index (χ3n) is 7.34. The molecule has 0 radical (unpaired) electrons. The molecule has 0 spiro atoms. The van der Waals surface area contributed by atoms with E-state index in [1.54, 1.807) is 18.2 Å². The Balaban J connectivity index is 1.13. The van der Waals surface area contributed by atoms with Gasteiger partial charge in [0.2, 0.25) is 5.88 Å². The van der Waals surface area contributed by atoms with Crippen LogP contribution in [-0.2, 0) is 29.2 Å². The summed E-state index contributed by atoms with van der Waals surface area (Å²) in [6, 6.07) is 11.8. The molecule has 11 heteroatoms. The maximum absolute atomic E-state index is 14.2. The van der Waals surface area contributed by atoms with Gasteiger partial charge in [0.05, 0.1) is 44.1 Å². The Hall–Kier alpha value is -4.11. The van der Waals surface area contributed by atoms with Crippen LogP contribution in [0.15, 0.2) is 48.5 Å². The molecule has 1 fully saturated rings. The number of pyridine rings is 1. The topological polar surface area (TPSA) is 83.1 Å². The first kappa shape index (κ1) is 27.1. The number of thiophene rings is 1. The Morgan fingerprint density at radius 3 is 2.85 bits per heavy atom. The molecule has 6 rings (SSSR count). The van der Waals surface area contributed by atoms with Gasteiger partial charge in [0.1, 0.15) is 28.0 Å². The molecule has 0 unspecified atom stereocenters. The Morgan fingerprint density at radius 1 is 1.27 bits per heavy atom. The Labute approximate surface area is 240 Å². The van der Waals surface area contributed by atoms with Crippen LogP contribution >= 0.6 is 11.3 Å². The number of carbonyl (C=O) groups excluding carboxylic acids is 1. The predicted molar refractivity (Wildman–Crippen MR) is 152 cm³/mol. The highest BCUT2D eigenvalue weighted by Gasteiger charge is 2.25. The summed E-state index contributed by atoms with van der Waals surface area (Å²) < 4.78 is 32.8. The minimum Gasteiger partial charge on any atom is -0.473 e. The average molecular weight is 574 g/mol. The van der Waals surface area contributed by atoms with E-state index < -0.39 is 5.82 Å². The van der Waals surface area contributed by atoms with Gasteiger partial charge in [-0.25, -0.2) is 24.0 Å². The predicted octanol–water partition coefficient (Wildman–Crippen LogP) is 5.63. The molecule has 9 nitrogen and oxygen atoms in total. The molecule has 1 atom stereocenters. The van der Waals surface area contributed by atoms with E-state index in [1.807, 2.05) is 18.2 Å². The second-order valence-electron chi connectivity index (χ2n) is 9.96. The Kier molecular flexibility index (Phi) is 7.78. The van der Waals surface area contributed by atoms with Crippen LogP contribution in [0.3, 0.4) is 0 Å². The molecule has 1 saturated heterocycles. The van der Waals surface area contributed by atoms with Crippen LogP contribution in [0.4, 0.5) is 10.1 Å². The molecular formula is C30H28FN5O4S. The molecule has 2 aliphatic heterocycles. The second-order valence-corrected chi connectivity index (χ2v) is 11.0. The first-order chi connectivity index (χ1) is 20.0. The van der Waals surface area contributed by atoms with Crippen molar-refractivity contribution in [3.63, 3.8) is 0 Å². The van der Waals surface area contributed by atoms with E-state index in [4.69, 9.17) is 25.8 Å². The second kappa shape index (κ2) is 11.8. The van der Waals surface area contributed by atoms with Crippen molar-refractivity contribution < 1.29 is 23.4 Å². The lowest BCUT2D eigenvalue weighted by molar-refractivity contribution is -0.0591. The third-order valence-corrected chi connectivity index (χ3v) is 8.34. The van der Waals surface area contributed by atoms with Gasteiger partial charge in [-0.05, 0) is 36.6 Å². The van der Waals surface area contributed by atoms with Crippen molar-refractivity contribution in [2.24, 2.45) is 0 Å². The van der Waals surface area contributed by atoms with E-state index in [0.29, 0.717) is 29.4 Å². The van der Waals surface area contributed by atoms with Gasteiger partial charge >= 0.3 is 5.97 Å². The third kappa shape index (κ3) is 5.86. The van der Waals surface area contributed by atoms with Gasteiger partial charge in [-0.3, -0.25) is 4.90 Å². The van der Waals surface area contributed by atoms with Gasteiger partial charge < -0.3 is 18.8 Å². The van der Waals surface area contributed by atoms with Crippen LogP contribution in [0.25, 0.3) is 20.8 Å². The number of nitrogens with zero attached hydrogens (tertiary/aromatic N) is 5. The van der Waals surface area contributed by atoms with Gasteiger partial charge in [-0.15, -0.1) is 11.3 Å². The van der Waals surface area contributed by atoms with E-state index in [2.05, 4.69) is 25.4 Å². The molecular weight excluding hydrogens is 545 g/mol. The summed E-state index contributed by atoms with van der Waals surface area (Å²) in [6.45, 7) is 10.8. The van der Waals surface area contributed by atoms with Crippen molar-refractivity contribution in [1.29, 1.82) is 0 Å². The normalized spacial score (nSPS) is 17.1. The molecule has 2 aliphatic rings. The summed E-state index contributed by atoms with van der Waals surface area (Å²) in [5, 5.41) is 0. The first-order valence-electron chi connectivity index (χ1n) is 13.4. The number of hydrogen-bond acceptors (Lipinski definition) is 8. The van der Waals surface area contributed by atoms with Crippen LogP contribution in [0.1, 0.15) is 39.6 Å². The maximum Gasteiger partial charge on any atom is 0.348 e. The van der Waals surface area contributed by atoms with E-state index in [-0.39, 0.29) is 24.4 Å². The van der Waals surface area contributed by atoms with Crippen LogP contribution in [0, 0.1) is 12.4 Å². The fraction of sp³-hybridized carbons (Fsp3) is 0.333. The Bertz CT molecular complexity index is 1670. The summed E-state index contributed by atoms with van der Waals surface area (Å²) >= 11 is 1.35. The van der Waals surface area contributed by atoms with Crippen molar-refractivity contribution in [3.05, 3.63) is 87.7 Å². The Morgan fingerprint density at radius 2 is 2.15 bits per heavy atom. The monoisotopic (exact) mass is 573 g/mol. The number of hydrogen-bond donors (Lipinski definition) is 0. The van der Waals surface area contributed by atoms with Crippen molar-refractivity contribution in [2.45, 2.75) is 38.6 Å². The fourth-order valence-electron chi connectivity index (χ4n) is 4.96. The lowest BCUT2D eigenvalue weighted by Crippen LogP contribution is -2.33. The maximum atomic E-state index is 14.2. The van der Waals surface area contributed by atoms with Crippen LogP contribution in [-0.4, -0.2) is 58.3 Å². The minimum absolute atomic E-state index is 0.0323. The lowest BCUT2D eigenvalue weighted by Gasteiger charge is -2.29. The molecule has 3 aromatic heterocycles. The molecule has 0 saturated carbocycles. The zero-order chi connectivity index (χ0) is 28.3. The molecule has 41 heavy (non-hydrogen) atoms. The van der Waals surface area contributed by atoms with Gasteiger partial charge in [0.15, 0.2) is 5.69 Å². The number of carbonyl (C=O) groups is 1. The van der Waals surface area contributed by atoms with E-state index in [1.165, 1.54) is 24.5 Å². The highest BCUT2D eigenvalue weighted by atomic mass is 32.1.